The Bertz CT molecular complexity index is 634. The fourth-order valence-electron chi connectivity index (χ4n) is 2.41. The number of hydrogen-bond donors (Lipinski definition) is 1. The fraction of sp³-hybridized carbons (Fsp3) is 0.389. The van der Waals surface area contributed by atoms with Gasteiger partial charge in [-0.2, -0.15) is 0 Å². The lowest BCUT2D eigenvalue weighted by molar-refractivity contribution is -0.133. The zero-order chi connectivity index (χ0) is 18.2. The molecule has 7 nitrogen and oxygen atoms in total. The Kier molecular flexibility index (Phi) is 6.56. The number of aryl methyl sites for hydroxylation is 1. The van der Waals surface area contributed by atoms with Crippen molar-refractivity contribution >= 4 is 17.9 Å². The number of piperazine rings is 1. The van der Waals surface area contributed by atoms with Gasteiger partial charge >= 0.3 is 6.09 Å². The molecule has 0 aromatic heterocycles. The molecule has 134 valence electrons. The summed E-state index contributed by atoms with van der Waals surface area (Å²) in [5.41, 5.74) is 2.09. The molecule has 1 N–H and O–H groups in total. The fourth-order valence-corrected chi connectivity index (χ4v) is 2.41. The maximum absolute atomic E-state index is 12.1. The third-order valence-corrected chi connectivity index (χ3v) is 3.97. The predicted molar refractivity (Wildman–Crippen MR) is 92.7 cm³/mol. The van der Waals surface area contributed by atoms with E-state index in [0.29, 0.717) is 26.2 Å². The van der Waals surface area contributed by atoms with Gasteiger partial charge < -0.3 is 19.9 Å². The second-order valence-corrected chi connectivity index (χ2v) is 5.83. The third-order valence-electron chi connectivity index (χ3n) is 3.97. The molecule has 3 amide bonds. The van der Waals surface area contributed by atoms with Crippen molar-refractivity contribution in [3.05, 3.63) is 48.0 Å². The molecule has 0 saturated carbocycles. The normalized spacial score (nSPS) is 14.0. The van der Waals surface area contributed by atoms with E-state index in [-0.39, 0.29) is 31.1 Å². The molecule has 0 aliphatic carbocycles. The molecule has 1 saturated heterocycles. The van der Waals surface area contributed by atoms with Crippen molar-refractivity contribution in [2.75, 3.05) is 32.7 Å². The second-order valence-electron chi connectivity index (χ2n) is 5.83. The van der Waals surface area contributed by atoms with Gasteiger partial charge in [0, 0.05) is 26.2 Å². The van der Waals surface area contributed by atoms with E-state index >= 15 is 0 Å². The summed E-state index contributed by atoms with van der Waals surface area (Å²) in [7, 11) is 0. The summed E-state index contributed by atoms with van der Waals surface area (Å²) in [6.45, 7) is 7.15. The monoisotopic (exact) mass is 345 g/mol. The van der Waals surface area contributed by atoms with Gasteiger partial charge in [-0.15, -0.1) is 0 Å². The molecule has 1 fully saturated rings. The first-order valence-electron chi connectivity index (χ1n) is 8.15. The highest BCUT2D eigenvalue weighted by atomic mass is 16.6. The molecule has 1 aliphatic rings. The van der Waals surface area contributed by atoms with E-state index in [1.54, 1.807) is 9.80 Å². The van der Waals surface area contributed by atoms with Gasteiger partial charge in [-0.1, -0.05) is 36.4 Å². The number of rotatable bonds is 5. The molecule has 1 aliphatic heterocycles. The second kappa shape index (κ2) is 8.86. The van der Waals surface area contributed by atoms with E-state index in [9.17, 15) is 14.4 Å². The largest absolute Gasteiger partial charge is 0.445 e. The highest BCUT2D eigenvalue weighted by molar-refractivity contribution is 5.90. The van der Waals surface area contributed by atoms with Crippen LogP contribution in [0.2, 0.25) is 0 Å². The van der Waals surface area contributed by atoms with Gasteiger partial charge in [0.25, 0.3) is 0 Å². The Hall–Kier alpha value is -2.83. The quantitative estimate of drug-likeness (QED) is 0.810. The predicted octanol–water partition coefficient (Wildman–Crippen LogP) is 1.08. The van der Waals surface area contributed by atoms with Crippen LogP contribution in [0.5, 0.6) is 0 Å². The van der Waals surface area contributed by atoms with Gasteiger partial charge in [0.1, 0.15) is 6.61 Å². The van der Waals surface area contributed by atoms with Crippen molar-refractivity contribution in [2.24, 2.45) is 0 Å². The highest BCUT2D eigenvalue weighted by Crippen LogP contribution is 2.08. The van der Waals surface area contributed by atoms with Crippen LogP contribution in [0.4, 0.5) is 4.79 Å². The first kappa shape index (κ1) is 18.5. The van der Waals surface area contributed by atoms with Gasteiger partial charge in [0.2, 0.25) is 11.8 Å². The van der Waals surface area contributed by atoms with Crippen LogP contribution in [0.15, 0.2) is 36.9 Å². The molecule has 0 spiro atoms. The van der Waals surface area contributed by atoms with Crippen molar-refractivity contribution < 1.29 is 19.1 Å². The Morgan fingerprint density at radius 3 is 2.32 bits per heavy atom. The summed E-state index contributed by atoms with van der Waals surface area (Å²) in [6, 6.07) is 7.80. The number of carbonyl (C=O) groups excluding carboxylic acids is 3. The average Bonchev–Trinajstić information content (AvgIpc) is 2.65. The lowest BCUT2D eigenvalue weighted by atomic mass is 10.2. The molecule has 7 heteroatoms. The minimum absolute atomic E-state index is 0.0667. The van der Waals surface area contributed by atoms with Crippen LogP contribution < -0.4 is 5.32 Å². The number of carbonyl (C=O) groups is 3. The van der Waals surface area contributed by atoms with Crippen LogP contribution in [-0.4, -0.2) is 60.4 Å². The first-order valence-corrected chi connectivity index (χ1v) is 8.15. The van der Waals surface area contributed by atoms with Gasteiger partial charge in [0.15, 0.2) is 0 Å². The summed E-state index contributed by atoms with van der Waals surface area (Å²) in [5, 5.41) is 2.45. The van der Waals surface area contributed by atoms with Crippen LogP contribution in [0.1, 0.15) is 11.1 Å². The zero-order valence-corrected chi connectivity index (χ0v) is 14.4. The number of amides is 3. The van der Waals surface area contributed by atoms with E-state index in [1.165, 1.54) is 0 Å². The number of hydrogen-bond acceptors (Lipinski definition) is 4. The maximum Gasteiger partial charge on any atom is 0.410 e. The SMILES string of the molecule is C=CC(=O)NCC(=O)N1CCN(C(=O)OCc2ccc(C)cc2)CC1. The van der Waals surface area contributed by atoms with Crippen molar-refractivity contribution in [3.8, 4) is 0 Å². The molecule has 25 heavy (non-hydrogen) atoms. The number of nitrogens with zero attached hydrogens (tertiary/aromatic N) is 2. The molecule has 2 rings (SSSR count). The molecular formula is C18H23N3O4. The van der Waals surface area contributed by atoms with Gasteiger partial charge in [0.05, 0.1) is 6.54 Å². The molecular weight excluding hydrogens is 322 g/mol. The number of nitrogens with one attached hydrogen (secondary N) is 1. The first-order chi connectivity index (χ1) is 12.0. The summed E-state index contributed by atoms with van der Waals surface area (Å²) >= 11 is 0. The van der Waals surface area contributed by atoms with Gasteiger partial charge in [-0.3, -0.25) is 9.59 Å². The highest BCUT2D eigenvalue weighted by Gasteiger charge is 2.24. The molecule has 0 bridgehead atoms. The van der Waals surface area contributed by atoms with Crippen LogP contribution in [0.3, 0.4) is 0 Å². The molecule has 0 unspecified atom stereocenters. The third kappa shape index (κ3) is 5.63. The van der Waals surface area contributed by atoms with Crippen LogP contribution in [-0.2, 0) is 20.9 Å². The van der Waals surface area contributed by atoms with E-state index in [0.717, 1.165) is 17.2 Å². The summed E-state index contributed by atoms with van der Waals surface area (Å²) in [5.74, 6) is -0.561. The molecule has 1 aromatic carbocycles. The van der Waals surface area contributed by atoms with E-state index in [2.05, 4.69) is 11.9 Å². The maximum atomic E-state index is 12.1. The van der Waals surface area contributed by atoms with E-state index in [1.807, 2.05) is 31.2 Å². The smallest absolute Gasteiger partial charge is 0.410 e. The van der Waals surface area contributed by atoms with Crippen LogP contribution in [0, 0.1) is 6.92 Å². The minimum Gasteiger partial charge on any atom is -0.445 e. The van der Waals surface area contributed by atoms with Crippen molar-refractivity contribution in [1.82, 2.24) is 15.1 Å². The van der Waals surface area contributed by atoms with Crippen LogP contribution in [0.25, 0.3) is 0 Å². The Morgan fingerprint density at radius 1 is 1.12 bits per heavy atom. The Labute approximate surface area is 147 Å². The Morgan fingerprint density at radius 2 is 1.72 bits per heavy atom. The number of benzene rings is 1. The standard InChI is InChI=1S/C18H23N3O4/c1-3-16(22)19-12-17(23)20-8-10-21(11-9-20)18(24)25-13-15-6-4-14(2)5-7-15/h3-7H,1,8-13H2,2H3,(H,19,22). The van der Waals surface area contributed by atoms with E-state index in [4.69, 9.17) is 4.74 Å². The topological polar surface area (TPSA) is 79.0 Å². The molecule has 1 heterocycles. The average molecular weight is 345 g/mol. The zero-order valence-electron chi connectivity index (χ0n) is 14.4. The summed E-state index contributed by atoms with van der Waals surface area (Å²) in [6.07, 6.45) is 0.738. The lowest BCUT2D eigenvalue weighted by Crippen LogP contribution is -2.52. The molecule has 0 radical (unpaired) electrons. The molecule has 1 aromatic rings. The van der Waals surface area contributed by atoms with Crippen molar-refractivity contribution in [1.29, 1.82) is 0 Å². The number of ether oxygens (including phenoxy) is 1. The summed E-state index contributed by atoms with van der Waals surface area (Å²) < 4.78 is 5.31. The van der Waals surface area contributed by atoms with E-state index < -0.39 is 0 Å². The minimum atomic E-state index is -0.383. The van der Waals surface area contributed by atoms with Crippen molar-refractivity contribution in [2.45, 2.75) is 13.5 Å². The van der Waals surface area contributed by atoms with Gasteiger partial charge in [-0.05, 0) is 18.6 Å². The molecule has 0 atom stereocenters. The van der Waals surface area contributed by atoms with Crippen molar-refractivity contribution in [3.63, 3.8) is 0 Å². The lowest BCUT2D eigenvalue weighted by Gasteiger charge is -2.34. The van der Waals surface area contributed by atoms with Crippen LogP contribution >= 0.6 is 0 Å². The van der Waals surface area contributed by atoms with Gasteiger partial charge in [-0.25, -0.2) is 4.79 Å². The summed E-state index contributed by atoms with van der Waals surface area (Å²) in [4.78, 5) is 38.4. The Balaban J connectivity index is 1.72.